The van der Waals surface area contributed by atoms with E-state index in [9.17, 15) is 9.59 Å². The van der Waals surface area contributed by atoms with E-state index in [0.717, 1.165) is 34.6 Å². The SMILES string of the molecule is Cc1c(C)n2c3c(=O)n(CCN4CCCCC4)c(=O)n(C)c3nc2n1-c1ccc(Br)cc1. The highest BCUT2D eigenvalue weighted by Crippen LogP contribution is 2.25. The molecule has 32 heavy (non-hydrogen) atoms. The number of likely N-dealkylation sites (tertiary alicyclic amines) is 1. The topological polar surface area (TPSA) is 69.5 Å². The molecule has 0 amide bonds. The molecule has 0 N–H and O–H groups in total. The number of aromatic nitrogens is 5. The lowest BCUT2D eigenvalue weighted by Gasteiger charge is -2.26. The van der Waals surface area contributed by atoms with Crippen LogP contribution in [0.2, 0.25) is 0 Å². The van der Waals surface area contributed by atoms with E-state index in [-0.39, 0.29) is 11.2 Å². The maximum Gasteiger partial charge on any atom is 0.332 e. The van der Waals surface area contributed by atoms with E-state index in [0.29, 0.717) is 30.0 Å². The molecule has 4 heterocycles. The molecule has 0 atom stereocenters. The molecular formula is C23H27BrN6O2. The fraction of sp³-hybridized carbons (Fsp3) is 0.435. The summed E-state index contributed by atoms with van der Waals surface area (Å²) in [5.74, 6) is 0.637. The van der Waals surface area contributed by atoms with Crippen LogP contribution >= 0.6 is 15.9 Å². The van der Waals surface area contributed by atoms with Gasteiger partial charge >= 0.3 is 5.69 Å². The van der Waals surface area contributed by atoms with Crippen LogP contribution in [0.5, 0.6) is 0 Å². The third-order valence-corrected chi connectivity index (χ3v) is 7.22. The first-order valence-electron chi connectivity index (χ1n) is 11.1. The summed E-state index contributed by atoms with van der Waals surface area (Å²) >= 11 is 3.48. The van der Waals surface area contributed by atoms with E-state index in [1.807, 2.05) is 47.1 Å². The zero-order valence-corrected chi connectivity index (χ0v) is 20.2. The van der Waals surface area contributed by atoms with Crippen molar-refractivity contribution in [2.45, 2.75) is 39.7 Å². The van der Waals surface area contributed by atoms with Crippen LogP contribution in [0.3, 0.4) is 0 Å². The number of hydrogen-bond acceptors (Lipinski definition) is 4. The summed E-state index contributed by atoms with van der Waals surface area (Å²) in [5.41, 5.74) is 3.17. The molecule has 3 aromatic heterocycles. The third kappa shape index (κ3) is 3.26. The molecule has 0 bridgehead atoms. The molecule has 1 fully saturated rings. The molecule has 0 radical (unpaired) electrons. The van der Waals surface area contributed by atoms with Crippen molar-refractivity contribution in [2.24, 2.45) is 7.05 Å². The van der Waals surface area contributed by atoms with E-state index >= 15 is 0 Å². The van der Waals surface area contributed by atoms with Gasteiger partial charge in [-0.05, 0) is 64.0 Å². The molecule has 1 saturated heterocycles. The predicted molar refractivity (Wildman–Crippen MR) is 129 cm³/mol. The van der Waals surface area contributed by atoms with Crippen LogP contribution in [0.1, 0.15) is 30.7 Å². The molecule has 0 unspecified atom stereocenters. The van der Waals surface area contributed by atoms with Crippen molar-refractivity contribution >= 4 is 32.9 Å². The van der Waals surface area contributed by atoms with Gasteiger partial charge in [0.2, 0.25) is 5.78 Å². The molecule has 9 heteroatoms. The van der Waals surface area contributed by atoms with Gasteiger partial charge in [0.05, 0.1) is 0 Å². The van der Waals surface area contributed by atoms with Gasteiger partial charge in [-0.1, -0.05) is 22.4 Å². The number of rotatable bonds is 4. The second-order valence-corrected chi connectivity index (χ2v) is 9.52. The molecule has 0 saturated carbocycles. The fourth-order valence-electron chi connectivity index (χ4n) is 4.77. The number of hydrogen-bond donors (Lipinski definition) is 0. The van der Waals surface area contributed by atoms with Gasteiger partial charge in [-0.25, -0.2) is 4.79 Å². The van der Waals surface area contributed by atoms with Crippen LogP contribution in [0, 0.1) is 13.8 Å². The van der Waals surface area contributed by atoms with Gasteiger partial charge in [0.15, 0.2) is 11.2 Å². The fourth-order valence-corrected chi connectivity index (χ4v) is 5.04. The summed E-state index contributed by atoms with van der Waals surface area (Å²) < 4.78 is 7.79. The number of nitrogens with zero attached hydrogens (tertiary/aromatic N) is 6. The lowest BCUT2D eigenvalue weighted by Crippen LogP contribution is -2.43. The Morgan fingerprint density at radius 2 is 1.66 bits per heavy atom. The molecule has 0 aliphatic carbocycles. The van der Waals surface area contributed by atoms with E-state index in [1.54, 1.807) is 7.05 Å². The first-order valence-corrected chi connectivity index (χ1v) is 11.9. The van der Waals surface area contributed by atoms with Gasteiger partial charge in [-0.15, -0.1) is 0 Å². The average Bonchev–Trinajstić information content (AvgIpc) is 3.29. The maximum absolute atomic E-state index is 13.6. The van der Waals surface area contributed by atoms with E-state index in [2.05, 4.69) is 20.8 Å². The molecule has 1 aliphatic rings. The van der Waals surface area contributed by atoms with Crippen molar-refractivity contribution in [2.75, 3.05) is 19.6 Å². The van der Waals surface area contributed by atoms with Crippen molar-refractivity contribution in [1.29, 1.82) is 0 Å². The van der Waals surface area contributed by atoms with E-state index in [1.165, 1.54) is 28.4 Å². The molecule has 0 spiro atoms. The number of halogens is 1. The van der Waals surface area contributed by atoms with E-state index < -0.39 is 0 Å². The molecular weight excluding hydrogens is 472 g/mol. The summed E-state index contributed by atoms with van der Waals surface area (Å²) in [6.07, 6.45) is 3.61. The van der Waals surface area contributed by atoms with Gasteiger partial charge in [-0.2, -0.15) is 4.98 Å². The highest BCUT2D eigenvalue weighted by molar-refractivity contribution is 9.10. The van der Waals surface area contributed by atoms with Crippen LogP contribution < -0.4 is 11.2 Å². The summed E-state index contributed by atoms with van der Waals surface area (Å²) in [7, 11) is 1.69. The summed E-state index contributed by atoms with van der Waals surface area (Å²) in [6.45, 7) is 7.17. The Labute approximate surface area is 193 Å². The highest BCUT2D eigenvalue weighted by atomic mass is 79.9. The Morgan fingerprint density at radius 3 is 2.34 bits per heavy atom. The average molecular weight is 499 g/mol. The van der Waals surface area contributed by atoms with Crippen LogP contribution in [-0.4, -0.2) is 47.6 Å². The Kier molecular flexibility index (Phi) is 5.33. The summed E-state index contributed by atoms with van der Waals surface area (Å²) in [6, 6.07) is 7.97. The largest absolute Gasteiger partial charge is 0.332 e. The minimum absolute atomic E-state index is 0.274. The Hall–Kier alpha value is -2.65. The number of aryl methyl sites for hydroxylation is 2. The Morgan fingerprint density at radius 1 is 0.969 bits per heavy atom. The van der Waals surface area contributed by atoms with Crippen molar-refractivity contribution in [3.8, 4) is 5.69 Å². The van der Waals surface area contributed by atoms with Crippen molar-refractivity contribution in [3.05, 3.63) is 61.0 Å². The minimum Gasteiger partial charge on any atom is -0.302 e. The Bertz CT molecular complexity index is 1430. The molecule has 4 aromatic rings. The summed E-state index contributed by atoms with van der Waals surface area (Å²) in [4.78, 5) is 33.7. The standard InChI is InChI=1S/C23H27BrN6O2/c1-15-16(2)30-19-20(25-22(30)29(15)18-9-7-17(24)8-10-18)26(3)23(32)28(21(19)31)14-13-27-11-5-4-6-12-27/h7-10H,4-6,11-14H2,1-3H3. The number of fused-ring (bicyclic) bond motifs is 3. The first kappa shape index (κ1) is 21.2. The smallest absolute Gasteiger partial charge is 0.302 e. The first-order chi connectivity index (χ1) is 15.4. The normalized spacial score (nSPS) is 15.2. The Balaban J connectivity index is 1.70. The molecule has 8 nitrogen and oxygen atoms in total. The van der Waals surface area contributed by atoms with Crippen LogP contribution in [0.4, 0.5) is 0 Å². The number of benzene rings is 1. The number of imidazole rings is 2. The maximum atomic E-state index is 13.6. The zero-order valence-electron chi connectivity index (χ0n) is 18.6. The lowest BCUT2D eigenvalue weighted by atomic mass is 10.1. The van der Waals surface area contributed by atoms with E-state index in [4.69, 9.17) is 4.98 Å². The van der Waals surface area contributed by atoms with Gasteiger partial charge in [0.1, 0.15) is 0 Å². The monoisotopic (exact) mass is 498 g/mol. The third-order valence-electron chi connectivity index (χ3n) is 6.69. The molecule has 1 aromatic carbocycles. The molecule has 1 aliphatic heterocycles. The quantitative estimate of drug-likeness (QED) is 0.433. The molecule has 5 rings (SSSR count). The van der Waals surface area contributed by atoms with Crippen molar-refractivity contribution in [3.63, 3.8) is 0 Å². The predicted octanol–water partition coefficient (Wildman–Crippen LogP) is 3.00. The van der Waals surface area contributed by atoms with Gasteiger partial charge in [0.25, 0.3) is 5.56 Å². The zero-order chi connectivity index (χ0) is 22.6. The second kappa shape index (κ2) is 8.04. The van der Waals surface area contributed by atoms with Gasteiger partial charge in [-0.3, -0.25) is 22.9 Å². The summed E-state index contributed by atoms with van der Waals surface area (Å²) in [5, 5.41) is 0. The minimum atomic E-state index is -0.315. The molecule has 168 valence electrons. The number of piperidine rings is 1. The second-order valence-electron chi connectivity index (χ2n) is 8.60. The van der Waals surface area contributed by atoms with Crippen molar-refractivity contribution < 1.29 is 0 Å². The van der Waals surface area contributed by atoms with Gasteiger partial charge < -0.3 is 4.90 Å². The van der Waals surface area contributed by atoms with Crippen LogP contribution in [0.15, 0.2) is 38.3 Å². The van der Waals surface area contributed by atoms with Crippen LogP contribution in [-0.2, 0) is 13.6 Å². The lowest BCUT2D eigenvalue weighted by molar-refractivity contribution is 0.218. The van der Waals surface area contributed by atoms with Gasteiger partial charge in [0, 0.05) is 41.7 Å². The van der Waals surface area contributed by atoms with Crippen LogP contribution in [0.25, 0.3) is 22.6 Å². The van der Waals surface area contributed by atoms with Crippen molar-refractivity contribution in [1.82, 2.24) is 28.0 Å². The highest BCUT2D eigenvalue weighted by Gasteiger charge is 2.23.